The van der Waals surface area contributed by atoms with Crippen LogP contribution in [0.25, 0.3) is 10.2 Å². The molecule has 0 aliphatic carbocycles. The van der Waals surface area contributed by atoms with Gasteiger partial charge in [0.25, 0.3) is 11.8 Å². The number of amides is 2. The number of aryl methyl sites for hydroxylation is 1. The van der Waals surface area contributed by atoms with E-state index in [0.717, 1.165) is 21.5 Å². The van der Waals surface area contributed by atoms with Gasteiger partial charge in [-0.2, -0.15) is 5.10 Å². The summed E-state index contributed by atoms with van der Waals surface area (Å²) < 4.78 is 14.9. The van der Waals surface area contributed by atoms with Crippen molar-refractivity contribution in [3.05, 3.63) is 76.3 Å². The van der Waals surface area contributed by atoms with Crippen LogP contribution >= 0.6 is 11.3 Å². The lowest BCUT2D eigenvalue weighted by molar-refractivity contribution is 0.0846. The van der Waals surface area contributed by atoms with Gasteiger partial charge in [0.05, 0.1) is 17.1 Å². The van der Waals surface area contributed by atoms with Crippen molar-refractivity contribution in [3.8, 4) is 0 Å². The number of hydrogen-bond donors (Lipinski definition) is 3. The number of halogens is 1. The van der Waals surface area contributed by atoms with Crippen LogP contribution in [0.1, 0.15) is 31.4 Å². The lowest BCUT2D eigenvalue weighted by Crippen LogP contribution is -2.41. The van der Waals surface area contributed by atoms with Crippen molar-refractivity contribution in [1.29, 1.82) is 0 Å². The summed E-state index contributed by atoms with van der Waals surface area (Å²) in [6.45, 7) is 2.33. The normalized spacial score (nSPS) is 10.9. The molecule has 0 saturated heterocycles. The highest BCUT2D eigenvalue weighted by Crippen LogP contribution is 2.28. The summed E-state index contributed by atoms with van der Waals surface area (Å²) in [7, 11) is 0. The first-order valence-electron chi connectivity index (χ1n) is 8.47. The van der Waals surface area contributed by atoms with E-state index in [1.807, 2.05) is 6.92 Å². The number of benzene rings is 1. The van der Waals surface area contributed by atoms with Crippen LogP contribution in [0.5, 0.6) is 0 Å². The third kappa shape index (κ3) is 3.52. The van der Waals surface area contributed by atoms with Gasteiger partial charge in [0.2, 0.25) is 0 Å². The second-order valence-corrected chi connectivity index (χ2v) is 7.22. The molecule has 0 fully saturated rings. The number of hydrazine groups is 1. The molecular formula is C19H16FN5O2S. The number of nitrogens with one attached hydrogen (secondary N) is 3. The summed E-state index contributed by atoms with van der Waals surface area (Å²) >= 11 is 1.28. The maximum atomic E-state index is 13.1. The van der Waals surface area contributed by atoms with Crippen molar-refractivity contribution in [2.45, 2.75) is 13.5 Å². The van der Waals surface area contributed by atoms with Gasteiger partial charge in [0.15, 0.2) is 0 Å². The molecule has 0 unspecified atom stereocenters. The molecule has 9 heteroatoms. The monoisotopic (exact) mass is 397 g/mol. The molecule has 0 atom stereocenters. The highest BCUT2D eigenvalue weighted by Gasteiger charge is 2.17. The van der Waals surface area contributed by atoms with Crippen LogP contribution in [-0.2, 0) is 6.54 Å². The maximum Gasteiger partial charge on any atom is 0.286 e. The number of fused-ring (bicyclic) bond motifs is 1. The molecule has 3 aromatic heterocycles. The van der Waals surface area contributed by atoms with E-state index < -0.39 is 11.8 Å². The second kappa shape index (κ2) is 7.28. The van der Waals surface area contributed by atoms with E-state index in [-0.39, 0.29) is 5.82 Å². The molecule has 142 valence electrons. The average Bonchev–Trinajstić information content (AvgIpc) is 3.41. The lowest BCUT2D eigenvalue weighted by Gasteiger charge is -2.05. The molecule has 1 aromatic carbocycles. The number of nitrogens with zero attached hydrogens (tertiary/aromatic N) is 2. The minimum absolute atomic E-state index is 0.290. The van der Waals surface area contributed by atoms with Gasteiger partial charge >= 0.3 is 0 Å². The topological polar surface area (TPSA) is 91.8 Å². The Morgan fingerprint density at radius 1 is 1.18 bits per heavy atom. The van der Waals surface area contributed by atoms with E-state index in [2.05, 4.69) is 20.9 Å². The molecule has 4 rings (SSSR count). The van der Waals surface area contributed by atoms with E-state index >= 15 is 0 Å². The fourth-order valence-corrected chi connectivity index (χ4v) is 3.86. The van der Waals surface area contributed by atoms with Crippen LogP contribution in [-0.4, -0.2) is 26.6 Å². The Morgan fingerprint density at radius 2 is 1.93 bits per heavy atom. The van der Waals surface area contributed by atoms with Crippen molar-refractivity contribution >= 4 is 33.4 Å². The number of H-pyrrole nitrogens is 1. The predicted molar refractivity (Wildman–Crippen MR) is 104 cm³/mol. The number of rotatable bonds is 4. The Morgan fingerprint density at radius 3 is 2.64 bits per heavy atom. The standard InChI is InChI=1S/C19H16FN5O2S/c1-11-14-9-16(18(27)23-22-17(26)15-3-2-8-21-15)28-19(14)25(24-11)10-12-4-6-13(20)7-5-12/h2-9,21H,10H2,1H3,(H,22,26)(H,23,27). The zero-order valence-corrected chi connectivity index (χ0v) is 15.6. The van der Waals surface area contributed by atoms with E-state index in [9.17, 15) is 14.0 Å². The smallest absolute Gasteiger partial charge is 0.286 e. The Kier molecular flexibility index (Phi) is 4.66. The van der Waals surface area contributed by atoms with Crippen LogP contribution in [0.2, 0.25) is 0 Å². The molecule has 4 aromatic rings. The number of hydrogen-bond acceptors (Lipinski definition) is 4. The van der Waals surface area contributed by atoms with E-state index in [4.69, 9.17) is 0 Å². The summed E-state index contributed by atoms with van der Waals surface area (Å²) in [6.07, 6.45) is 1.62. The zero-order chi connectivity index (χ0) is 19.7. The molecule has 7 nitrogen and oxygen atoms in total. The first kappa shape index (κ1) is 17.9. The van der Waals surface area contributed by atoms with Crippen molar-refractivity contribution in [2.24, 2.45) is 0 Å². The molecule has 0 bridgehead atoms. The highest BCUT2D eigenvalue weighted by molar-refractivity contribution is 7.20. The van der Waals surface area contributed by atoms with Gasteiger partial charge in [0, 0.05) is 11.6 Å². The summed E-state index contributed by atoms with van der Waals surface area (Å²) in [5.74, 6) is -1.13. The highest BCUT2D eigenvalue weighted by atomic mass is 32.1. The first-order valence-corrected chi connectivity index (χ1v) is 9.28. The molecular weight excluding hydrogens is 381 g/mol. The number of aromatic nitrogens is 3. The minimum atomic E-state index is -0.432. The molecule has 0 radical (unpaired) electrons. The molecule has 0 aliphatic heterocycles. The third-order valence-electron chi connectivity index (χ3n) is 4.21. The Labute approximate surface area is 163 Å². The largest absolute Gasteiger partial charge is 0.357 e. The first-order chi connectivity index (χ1) is 13.5. The average molecular weight is 397 g/mol. The van der Waals surface area contributed by atoms with Crippen molar-refractivity contribution in [1.82, 2.24) is 25.6 Å². The van der Waals surface area contributed by atoms with Crippen molar-refractivity contribution in [3.63, 3.8) is 0 Å². The fraction of sp³-hybridized carbons (Fsp3) is 0.105. The number of aromatic amines is 1. The summed E-state index contributed by atoms with van der Waals surface area (Å²) in [6, 6.07) is 11.3. The zero-order valence-electron chi connectivity index (χ0n) is 14.8. The Balaban J connectivity index is 1.51. The van der Waals surface area contributed by atoms with Gasteiger partial charge in [-0.25, -0.2) is 4.39 Å². The van der Waals surface area contributed by atoms with E-state index in [1.54, 1.807) is 41.2 Å². The number of carbonyl (C=O) groups is 2. The fourth-order valence-electron chi connectivity index (χ4n) is 2.81. The number of carbonyl (C=O) groups excluding carboxylic acids is 2. The Hall–Kier alpha value is -3.46. The Bertz CT molecular complexity index is 1150. The van der Waals surface area contributed by atoms with Gasteiger partial charge in [-0.3, -0.25) is 25.1 Å². The van der Waals surface area contributed by atoms with Crippen molar-refractivity contribution < 1.29 is 14.0 Å². The van der Waals surface area contributed by atoms with Gasteiger partial charge in [-0.05, 0) is 42.8 Å². The van der Waals surface area contributed by atoms with Crippen LogP contribution in [0, 0.1) is 12.7 Å². The molecule has 0 saturated carbocycles. The molecule has 0 aliphatic rings. The lowest BCUT2D eigenvalue weighted by atomic mass is 10.2. The van der Waals surface area contributed by atoms with Gasteiger partial charge in [-0.1, -0.05) is 12.1 Å². The SMILES string of the molecule is Cc1nn(Cc2ccc(F)cc2)c2sc(C(=O)NNC(=O)c3ccc[nH]3)cc12. The third-order valence-corrected chi connectivity index (χ3v) is 5.36. The quantitative estimate of drug-likeness (QED) is 0.462. The van der Waals surface area contributed by atoms with Crippen LogP contribution < -0.4 is 10.9 Å². The van der Waals surface area contributed by atoms with Gasteiger partial charge in [-0.15, -0.1) is 11.3 Å². The summed E-state index contributed by atoms with van der Waals surface area (Å²) in [4.78, 5) is 28.4. The molecule has 2 amide bonds. The van der Waals surface area contributed by atoms with E-state index in [0.29, 0.717) is 17.1 Å². The van der Waals surface area contributed by atoms with E-state index in [1.165, 1.54) is 23.5 Å². The van der Waals surface area contributed by atoms with Gasteiger partial charge < -0.3 is 4.98 Å². The molecule has 3 heterocycles. The minimum Gasteiger partial charge on any atom is -0.357 e. The number of thiophene rings is 1. The maximum absolute atomic E-state index is 13.1. The molecule has 0 spiro atoms. The van der Waals surface area contributed by atoms with Crippen LogP contribution in [0.4, 0.5) is 4.39 Å². The molecule has 3 N–H and O–H groups in total. The summed E-state index contributed by atoms with van der Waals surface area (Å²) in [5.41, 5.74) is 6.84. The predicted octanol–water partition coefficient (Wildman–Crippen LogP) is 3.00. The summed E-state index contributed by atoms with van der Waals surface area (Å²) in [5, 5.41) is 5.37. The van der Waals surface area contributed by atoms with Crippen molar-refractivity contribution in [2.75, 3.05) is 0 Å². The van der Waals surface area contributed by atoms with Gasteiger partial charge in [0.1, 0.15) is 16.3 Å². The van der Waals surface area contributed by atoms with Crippen LogP contribution in [0.3, 0.4) is 0 Å². The second-order valence-electron chi connectivity index (χ2n) is 6.19. The molecule has 28 heavy (non-hydrogen) atoms. The van der Waals surface area contributed by atoms with Crippen LogP contribution in [0.15, 0.2) is 48.7 Å².